The maximum atomic E-state index is 3.38. The molecule has 0 aliphatic heterocycles. The monoisotopic (exact) mass is 238 g/mol. The molecule has 0 unspecified atom stereocenters. The molecular weight excluding hydrogens is 220 g/mol. The van der Waals surface area contributed by atoms with Crippen LogP contribution in [0.1, 0.15) is 19.4 Å². The predicted octanol–water partition coefficient (Wildman–Crippen LogP) is 3.19. The van der Waals surface area contributed by atoms with Crippen molar-refractivity contribution in [3.63, 3.8) is 0 Å². The summed E-state index contributed by atoms with van der Waals surface area (Å²) >= 11 is 0. The van der Waals surface area contributed by atoms with Crippen LogP contribution < -0.4 is 5.32 Å². The largest absolute Gasteiger partial charge is 0.347 e. The van der Waals surface area contributed by atoms with Crippen molar-refractivity contribution in [1.29, 1.82) is 0 Å². The lowest BCUT2D eigenvalue weighted by Crippen LogP contribution is -2.11. The summed E-state index contributed by atoms with van der Waals surface area (Å²) in [5, 5.41) is 4.76. The first kappa shape index (κ1) is 13.1. The summed E-state index contributed by atoms with van der Waals surface area (Å²) in [6, 6.07) is 8.60. The SMILES string of the molecule is CCNCc1cn(CC)c2ccccc12.Cl. The number of aromatic nitrogens is 1. The van der Waals surface area contributed by atoms with Gasteiger partial charge in [-0.1, -0.05) is 25.1 Å². The van der Waals surface area contributed by atoms with Crippen LogP contribution in [0.2, 0.25) is 0 Å². The molecule has 2 aromatic rings. The van der Waals surface area contributed by atoms with Crippen LogP contribution in [0.25, 0.3) is 10.9 Å². The van der Waals surface area contributed by atoms with Gasteiger partial charge < -0.3 is 9.88 Å². The van der Waals surface area contributed by atoms with Crippen molar-refractivity contribution in [2.24, 2.45) is 0 Å². The van der Waals surface area contributed by atoms with Gasteiger partial charge in [0.1, 0.15) is 0 Å². The Balaban J connectivity index is 0.00000128. The molecule has 2 nitrogen and oxygen atoms in total. The molecule has 2 rings (SSSR count). The predicted molar refractivity (Wildman–Crippen MR) is 72.2 cm³/mol. The summed E-state index contributed by atoms with van der Waals surface area (Å²) < 4.78 is 2.31. The molecule has 0 bridgehead atoms. The number of hydrogen-bond acceptors (Lipinski definition) is 1. The molecule has 0 aliphatic carbocycles. The molecule has 1 aromatic carbocycles. The van der Waals surface area contributed by atoms with E-state index in [1.54, 1.807) is 0 Å². The Kier molecular flexibility index (Phi) is 4.84. The molecule has 0 saturated heterocycles. The van der Waals surface area contributed by atoms with Gasteiger partial charge in [0.05, 0.1) is 0 Å². The number of benzene rings is 1. The zero-order valence-electron chi connectivity index (χ0n) is 9.86. The van der Waals surface area contributed by atoms with Crippen LogP contribution in [-0.4, -0.2) is 11.1 Å². The fourth-order valence-corrected chi connectivity index (χ4v) is 1.98. The number of nitrogens with zero attached hydrogens (tertiary/aromatic N) is 1. The number of para-hydroxylation sites is 1. The van der Waals surface area contributed by atoms with E-state index >= 15 is 0 Å². The Morgan fingerprint density at radius 1 is 1.19 bits per heavy atom. The van der Waals surface area contributed by atoms with Crippen molar-refractivity contribution in [2.45, 2.75) is 26.9 Å². The zero-order valence-corrected chi connectivity index (χ0v) is 10.7. The minimum Gasteiger partial charge on any atom is -0.347 e. The molecule has 0 spiro atoms. The summed E-state index contributed by atoms with van der Waals surface area (Å²) in [5.41, 5.74) is 2.74. The average molecular weight is 239 g/mol. The lowest BCUT2D eigenvalue weighted by molar-refractivity contribution is 0.721. The Morgan fingerprint density at radius 2 is 1.94 bits per heavy atom. The summed E-state index contributed by atoms with van der Waals surface area (Å²) in [4.78, 5) is 0. The van der Waals surface area contributed by atoms with Crippen molar-refractivity contribution in [2.75, 3.05) is 6.54 Å². The number of halogens is 1. The van der Waals surface area contributed by atoms with Crippen LogP contribution in [0.3, 0.4) is 0 Å². The molecular formula is C13H19ClN2. The summed E-state index contributed by atoms with van der Waals surface area (Å²) in [7, 11) is 0. The van der Waals surface area contributed by atoms with Gasteiger partial charge in [-0.25, -0.2) is 0 Å². The van der Waals surface area contributed by atoms with Gasteiger partial charge in [0.25, 0.3) is 0 Å². The van der Waals surface area contributed by atoms with Crippen LogP contribution in [0.4, 0.5) is 0 Å². The highest BCUT2D eigenvalue weighted by Crippen LogP contribution is 2.20. The Hall–Kier alpha value is -0.990. The van der Waals surface area contributed by atoms with E-state index in [-0.39, 0.29) is 12.4 Å². The lowest BCUT2D eigenvalue weighted by Gasteiger charge is -1.98. The molecule has 1 N–H and O–H groups in total. The van der Waals surface area contributed by atoms with Gasteiger partial charge in [-0.15, -0.1) is 12.4 Å². The van der Waals surface area contributed by atoms with Crippen molar-refractivity contribution in [3.8, 4) is 0 Å². The molecule has 0 radical (unpaired) electrons. The fraction of sp³-hybridized carbons (Fsp3) is 0.385. The van der Waals surface area contributed by atoms with E-state index < -0.39 is 0 Å². The fourth-order valence-electron chi connectivity index (χ4n) is 1.98. The van der Waals surface area contributed by atoms with E-state index in [0.29, 0.717) is 0 Å². The first-order chi connectivity index (χ1) is 7.36. The normalized spacial score (nSPS) is 10.4. The van der Waals surface area contributed by atoms with E-state index in [9.17, 15) is 0 Å². The second-order valence-electron chi connectivity index (χ2n) is 3.74. The number of aryl methyl sites for hydroxylation is 1. The van der Waals surface area contributed by atoms with E-state index in [2.05, 4.69) is 54.2 Å². The van der Waals surface area contributed by atoms with Crippen LogP contribution in [-0.2, 0) is 13.1 Å². The number of hydrogen-bond donors (Lipinski definition) is 1. The van der Waals surface area contributed by atoms with Crippen molar-refractivity contribution >= 4 is 23.3 Å². The third-order valence-electron chi connectivity index (χ3n) is 2.78. The standard InChI is InChI=1S/C13H18N2.ClH/c1-3-14-9-11-10-15(4-2)13-8-6-5-7-12(11)13;/h5-8,10,14H,3-4,9H2,1-2H3;1H. The van der Waals surface area contributed by atoms with Crippen molar-refractivity contribution in [1.82, 2.24) is 9.88 Å². The molecule has 88 valence electrons. The summed E-state index contributed by atoms with van der Waals surface area (Å²) in [5.74, 6) is 0. The smallest absolute Gasteiger partial charge is 0.0483 e. The first-order valence-corrected chi connectivity index (χ1v) is 5.64. The molecule has 16 heavy (non-hydrogen) atoms. The number of nitrogens with one attached hydrogen (secondary N) is 1. The van der Waals surface area contributed by atoms with Crippen molar-refractivity contribution < 1.29 is 0 Å². The summed E-state index contributed by atoms with van der Waals surface area (Å²) in [6.07, 6.45) is 2.26. The third kappa shape index (κ3) is 2.39. The van der Waals surface area contributed by atoms with Gasteiger partial charge in [-0.2, -0.15) is 0 Å². The van der Waals surface area contributed by atoms with Crippen LogP contribution in [0.5, 0.6) is 0 Å². The average Bonchev–Trinajstić information content (AvgIpc) is 2.65. The Labute approximate surface area is 103 Å². The highest BCUT2D eigenvalue weighted by Gasteiger charge is 2.05. The topological polar surface area (TPSA) is 17.0 Å². The molecule has 0 aliphatic rings. The maximum absolute atomic E-state index is 3.38. The minimum absolute atomic E-state index is 0. The Bertz CT molecular complexity index is 448. The van der Waals surface area contributed by atoms with Gasteiger partial charge >= 0.3 is 0 Å². The highest BCUT2D eigenvalue weighted by atomic mass is 35.5. The van der Waals surface area contributed by atoms with E-state index in [1.165, 1.54) is 16.5 Å². The number of fused-ring (bicyclic) bond motifs is 1. The van der Waals surface area contributed by atoms with Gasteiger partial charge in [0.2, 0.25) is 0 Å². The molecule has 0 amide bonds. The molecule has 0 atom stereocenters. The van der Waals surface area contributed by atoms with E-state index in [4.69, 9.17) is 0 Å². The van der Waals surface area contributed by atoms with Gasteiger partial charge in [0.15, 0.2) is 0 Å². The second-order valence-corrected chi connectivity index (χ2v) is 3.74. The van der Waals surface area contributed by atoms with Gasteiger partial charge in [-0.05, 0) is 25.1 Å². The van der Waals surface area contributed by atoms with Gasteiger partial charge in [-0.3, -0.25) is 0 Å². The Morgan fingerprint density at radius 3 is 2.62 bits per heavy atom. The highest BCUT2D eigenvalue weighted by molar-refractivity contribution is 5.85. The lowest BCUT2D eigenvalue weighted by atomic mass is 10.2. The molecule has 0 fully saturated rings. The molecule has 3 heteroatoms. The zero-order chi connectivity index (χ0) is 10.7. The maximum Gasteiger partial charge on any atom is 0.0483 e. The van der Waals surface area contributed by atoms with Crippen LogP contribution >= 0.6 is 12.4 Å². The van der Waals surface area contributed by atoms with E-state index in [1.807, 2.05) is 0 Å². The molecule has 1 heterocycles. The van der Waals surface area contributed by atoms with Crippen molar-refractivity contribution in [3.05, 3.63) is 36.0 Å². The van der Waals surface area contributed by atoms with E-state index in [0.717, 1.165) is 19.6 Å². The number of rotatable bonds is 4. The second kappa shape index (κ2) is 5.92. The molecule has 1 aromatic heterocycles. The minimum atomic E-state index is 0. The quantitative estimate of drug-likeness (QED) is 0.866. The van der Waals surface area contributed by atoms with Gasteiger partial charge in [0, 0.05) is 30.2 Å². The van der Waals surface area contributed by atoms with Crippen LogP contribution in [0, 0.1) is 0 Å². The first-order valence-electron chi connectivity index (χ1n) is 5.64. The summed E-state index contributed by atoms with van der Waals surface area (Å²) in [6.45, 7) is 7.34. The third-order valence-corrected chi connectivity index (χ3v) is 2.78. The molecule has 0 saturated carbocycles. The van der Waals surface area contributed by atoms with Crippen LogP contribution in [0.15, 0.2) is 30.5 Å².